The van der Waals surface area contributed by atoms with Crippen LogP contribution < -0.4 is 15.0 Å². The van der Waals surface area contributed by atoms with Crippen molar-refractivity contribution >= 4 is 17.5 Å². The van der Waals surface area contributed by atoms with E-state index in [1.807, 2.05) is 6.07 Å². The number of hydrogen-bond donors (Lipinski definition) is 1. The highest BCUT2D eigenvalue weighted by Gasteiger charge is 2.14. The number of rotatable bonds is 4. The fraction of sp³-hybridized carbons (Fsp3) is 0.389. The molecule has 0 saturated carbocycles. The molecule has 1 aromatic carbocycles. The lowest BCUT2D eigenvalue weighted by Crippen LogP contribution is -2.26. The number of anilines is 2. The topological polar surface area (TPSA) is 67.3 Å². The van der Waals surface area contributed by atoms with E-state index in [4.69, 9.17) is 4.74 Å². The molecule has 0 atom stereocenters. The van der Waals surface area contributed by atoms with E-state index in [2.05, 4.69) is 20.2 Å². The standard InChI is InChI=1S/C18H22N4O2/c1-24-16-9-5-4-8-15(16)17(23)21-14-12-19-18(20-13-14)22-10-6-2-3-7-11-22/h4-5,8-9,12-13H,2-3,6-7,10-11H2,1H3,(H,21,23). The van der Waals surface area contributed by atoms with Gasteiger partial charge >= 0.3 is 0 Å². The summed E-state index contributed by atoms with van der Waals surface area (Å²) in [6.45, 7) is 1.99. The Balaban J connectivity index is 1.68. The lowest BCUT2D eigenvalue weighted by atomic mass is 10.2. The maximum Gasteiger partial charge on any atom is 0.259 e. The van der Waals surface area contributed by atoms with Crippen molar-refractivity contribution in [1.82, 2.24) is 9.97 Å². The van der Waals surface area contributed by atoms with Gasteiger partial charge < -0.3 is 15.0 Å². The largest absolute Gasteiger partial charge is 0.496 e. The molecule has 1 aromatic heterocycles. The first-order chi connectivity index (χ1) is 11.8. The van der Waals surface area contributed by atoms with E-state index >= 15 is 0 Å². The van der Waals surface area contributed by atoms with Crippen LogP contribution >= 0.6 is 0 Å². The predicted octanol–water partition coefficient (Wildman–Crippen LogP) is 3.12. The Morgan fingerprint density at radius 3 is 2.42 bits per heavy atom. The molecular formula is C18H22N4O2. The average Bonchev–Trinajstić information content (AvgIpc) is 2.91. The van der Waals surface area contributed by atoms with E-state index < -0.39 is 0 Å². The van der Waals surface area contributed by atoms with Crippen LogP contribution in [0.2, 0.25) is 0 Å². The molecule has 1 amide bonds. The molecular weight excluding hydrogens is 304 g/mol. The fourth-order valence-corrected chi connectivity index (χ4v) is 2.85. The fourth-order valence-electron chi connectivity index (χ4n) is 2.85. The maximum atomic E-state index is 12.4. The van der Waals surface area contributed by atoms with Gasteiger partial charge in [0.2, 0.25) is 5.95 Å². The number of methoxy groups -OCH3 is 1. The van der Waals surface area contributed by atoms with Crippen LogP contribution in [-0.2, 0) is 0 Å². The van der Waals surface area contributed by atoms with Gasteiger partial charge in [0.05, 0.1) is 30.8 Å². The molecule has 0 bridgehead atoms. The minimum absolute atomic E-state index is 0.237. The van der Waals surface area contributed by atoms with Gasteiger partial charge in [0.1, 0.15) is 5.75 Å². The molecule has 1 saturated heterocycles. The molecule has 0 unspecified atom stereocenters. The zero-order chi connectivity index (χ0) is 16.8. The van der Waals surface area contributed by atoms with Crippen LogP contribution in [0.4, 0.5) is 11.6 Å². The van der Waals surface area contributed by atoms with E-state index in [0.717, 1.165) is 19.0 Å². The number of amides is 1. The van der Waals surface area contributed by atoms with Crippen molar-refractivity contribution in [2.45, 2.75) is 25.7 Å². The number of benzene rings is 1. The lowest BCUT2D eigenvalue weighted by Gasteiger charge is -2.19. The van der Waals surface area contributed by atoms with E-state index in [0.29, 0.717) is 17.0 Å². The van der Waals surface area contributed by atoms with Gasteiger partial charge in [-0.1, -0.05) is 25.0 Å². The van der Waals surface area contributed by atoms with Crippen molar-refractivity contribution in [2.75, 3.05) is 30.4 Å². The molecule has 2 heterocycles. The SMILES string of the molecule is COc1ccccc1C(=O)Nc1cnc(N2CCCCCC2)nc1. The average molecular weight is 326 g/mol. The third kappa shape index (κ3) is 3.82. The van der Waals surface area contributed by atoms with Crippen molar-refractivity contribution in [2.24, 2.45) is 0 Å². The summed E-state index contributed by atoms with van der Waals surface area (Å²) < 4.78 is 5.22. The summed E-state index contributed by atoms with van der Waals surface area (Å²) in [6.07, 6.45) is 8.19. The molecule has 0 spiro atoms. The summed E-state index contributed by atoms with van der Waals surface area (Å²) in [5.74, 6) is 1.03. The summed E-state index contributed by atoms with van der Waals surface area (Å²) in [5.41, 5.74) is 1.06. The van der Waals surface area contributed by atoms with Gasteiger partial charge in [-0.3, -0.25) is 4.79 Å². The van der Waals surface area contributed by atoms with Crippen LogP contribution in [0.15, 0.2) is 36.7 Å². The molecule has 1 fully saturated rings. The number of nitrogens with zero attached hydrogens (tertiary/aromatic N) is 3. The van der Waals surface area contributed by atoms with E-state index in [1.165, 1.54) is 25.7 Å². The zero-order valence-electron chi connectivity index (χ0n) is 13.9. The van der Waals surface area contributed by atoms with Crippen molar-refractivity contribution in [1.29, 1.82) is 0 Å². The number of hydrogen-bond acceptors (Lipinski definition) is 5. The number of carbonyl (C=O) groups is 1. The summed E-state index contributed by atoms with van der Waals surface area (Å²) in [4.78, 5) is 23.4. The number of ether oxygens (including phenoxy) is 1. The van der Waals surface area contributed by atoms with Crippen LogP contribution in [-0.4, -0.2) is 36.1 Å². The second-order valence-electron chi connectivity index (χ2n) is 5.83. The summed E-state index contributed by atoms with van der Waals surface area (Å²) in [7, 11) is 1.55. The molecule has 0 radical (unpaired) electrons. The summed E-state index contributed by atoms with van der Waals surface area (Å²) >= 11 is 0. The highest BCUT2D eigenvalue weighted by Crippen LogP contribution is 2.20. The van der Waals surface area contributed by atoms with Crippen molar-refractivity contribution < 1.29 is 9.53 Å². The molecule has 24 heavy (non-hydrogen) atoms. The molecule has 1 aliphatic rings. The molecule has 1 aliphatic heterocycles. The Bertz CT molecular complexity index is 680. The third-order valence-corrected chi connectivity index (χ3v) is 4.14. The highest BCUT2D eigenvalue weighted by molar-refractivity contribution is 6.06. The van der Waals surface area contributed by atoms with Crippen LogP contribution in [0.1, 0.15) is 36.0 Å². The van der Waals surface area contributed by atoms with Gasteiger partial charge in [-0.05, 0) is 25.0 Å². The minimum atomic E-state index is -0.237. The van der Waals surface area contributed by atoms with Crippen molar-refractivity contribution in [3.05, 3.63) is 42.2 Å². The number of carbonyl (C=O) groups excluding carboxylic acids is 1. The highest BCUT2D eigenvalue weighted by atomic mass is 16.5. The predicted molar refractivity (Wildman–Crippen MR) is 93.7 cm³/mol. The van der Waals surface area contributed by atoms with E-state index in [1.54, 1.807) is 37.7 Å². The first-order valence-corrected chi connectivity index (χ1v) is 8.29. The minimum Gasteiger partial charge on any atom is -0.496 e. The Kier molecular flexibility index (Phi) is 5.25. The van der Waals surface area contributed by atoms with Gasteiger partial charge in [0, 0.05) is 13.1 Å². The maximum absolute atomic E-state index is 12.4. The summed E-state index contributed by atoms with van der Waals surface area (Å²) in [6, 6.07) is 7.11. The second-order valence-corrected chi connectivity index (χ2v) is 5.83. The molecule has 6 nitrogen and oxygen atoms in total. The van der Waals surface area contributed by atoms with Crippen LogP contribution in [0.25, 0.3) is 0 Å². The van der Waals surface area contributed by atoms with Gasteiger partial charge in [0.15, 0.2) is 0 Å². The van der Waals surface area contributed by atoms with Crippen LogP contribution in [0, 0.1) is 0 Å². The van der Waals surface area contributed by atoms with E-state index in [-0.39, 0.29) is 5.91 Å². The molecule has 126 valence electrons. The molecule has 6 heteroatoms. The molecule has 1 N–H and O–H groups in total. The van der Waals surface area contributed by atoms with Gasteiger partial charge in [-0.25, -0.2) is 9.97 Å². The van der Waals surface area contributed by atoms with E-state index in [9.17, 15) is 4.79 Å². The first-order valence-electron chi connectivity index (χ1n) is 8.29. The van der Waals surface area contributed by atoms with Crippen molar-refractivity contribution in [3.63, 3.8) is 0 Å². The Morgan fingerprint density at radius 1 is 1.08 bits per heavy atom. The Hall–Kier alpha value is -2.63. The second kappa shape index (κ2) is 7.77. The van der Waals surface area contributed by atoms with Crippen LogP contribution in [0.3, 0.4) is 0 Å². The smallest absolute Gasteiger partial charge is 0.259 e. The Morgan fingerprint density at radius 2 is 1.75 bits per heavy atom. The first kappa shape index (κ1) is 16.2. The summed E-state index contributed by atoms with van der Waals surface area (Å²) in [5, 5.41) is 2.81. The third-order valence-electron chi connectivity index (χ3n) is 4.14. The number of para-hydroxylation sites is 1. The van der Waals surface area contributed by atoms with Gasteiger partial charge in [0.25, 0.3) is 5.91 Å². The number of nitrogens with one attached hydrogen (secondary N) is 1. The molecule has 3 rings (SSSR count). The lowest BCUT2D eigenvalue weighted by molar-refractivity contribution is 0.102. The Labute approximate surface area is 141 Å². The van der Waals surface area contributed by atoms with Gasteiger partial charge in [-0.2, -0.15) is 0 Å². The number of aromatic nitrogens is 2. The monoisotopic (exact) mass is 326 g/mol. The quantitative estimate of drug-likeness (QED) is 0.935. The van der Waals surface area contributed by atoms with Gasteiger partial charge in [-0.15, -0.1) is 0 Å². The van der Waals surface area contributed by atoms with Crippen LogP contribution in [0.5, 0.6) is 5.75 Å². The van der Waals surface area contributed by atoms with Crippen molar-refractivity contribution in [3.8, 4) is 5.75 Å². The molecule has 0 aliphatic carbocycles. The molecule has 2 aromatic rings. The normalized spacial score (nSPS) is 14.8. The zero-order valence-corrected chi connectivity index (χ0v) is 13.9.